The van der Waals surface area contributed by atoms with Crippen LogP contribution in [0.1, 0.15) is 39.0 Å². The van der Waals surface area contributed by atoms with Crippen LogP contribution in [0.5, 0.6) is 0 Å². The zero-order valence-electron chi connectivity index (χ0n) is 11.7. The highest BCUT2D eigenvalue weighted by atomic mass is 16.5. The van der Waals surface area contributed by atoms with Gasteiger partial charge in [-0.3, -0.25) is 4.90 Å². The Morgan fingerprint density at radius 3 is 2.94 bits per heavy atom. The molecule has 0 saturated carbocycles. The van der Waals surface area contributed by atoms with E-state index in [-0.39, 0.29) is 5.54 Å². The average Bonchev–Trinajstić information content (AvgIpc) is 2.68. The van der Waals surface area contributed by atoms with Gasteiger partial charge in [0, 0.05) is 38.4 Å². The largest absolute Gasteiger partial charge is 0.380 e. The van der Waals surface area contributed by atoms with E-state index in [1.54, 1.807) is 0 Å². The summed E-state index contributed by atoms with van der Waals surface area (Å²) in [6.07, 6.45) is 6.04. The lowest BCUT2D eigenvalue weighted by atomic mass is 9.83. The first-order valence-electron chi connectivity index (χ1n) is 7.45. The molecule has 0 amide bonds. The smallest absolute Gasteiger partial charge is 0.0593 e. The maximum atomic E-state index is 6.14. The minimum Gasteiger partial charge on any atom is -0.380 e. The maximum absolute atomic E-state index is 6.14. The van der Waals surface area contributed by atoms with Gasteiger partial charge < -0.3 is 15.2 Å². The molecule has 2 N–H and O–H groups in total. The van der Waals surface area contributed by atoms with Crippen LogP contribution in [0.2, 0.25) is 0 Å². The molecule has 0 aromatic rings. The molecule has 106 valence electrons. The van der Waals surface area contributed by atoms with E-state index < -0.39 is 0 Å². The zero-order valence-corrected chi connectivity index (χ0v) is 11.7. The molecule has 2 aliphatic rings. The summed E-state index contributed by atoms with van der Waals surface area (Å²) >= 11 is 0. The summed E-state index contributed by atoms with van der Waals surface area (Å²) in [6.45, 7) is 7.72. The molecule has 4 nitrogen and oxygen atoms in total. The van der Waals surface area contributed by atoms with E-state index in [1.807, 2.05) is 0 Å². The molecule has 2 aliphatic heterocycles. The third-order valence-electron chi connectivity index (χ3n) is 4.41. The molecule has 0 bridgehead atoms. The molecule has 4 heteroatoms. The number of ether oxygens (including phenoxy) is 2. The topological polar surface area (TPSA) is 47.7 Å². The SMILES string of the molecule is CCCC1CC(CN)(N2CCCOCC2)CCO1. The Morgan fingerprint density at radius 2 is 2.17 bits per heavy atom. The van der Waals surface area contributed by atoms with Gasteiger partial charge in [0.1, 0.15) is 0 Å². The van der Waals surface area contributed by atoms with Crippen LogP contribution in [-0.4, -0.2) is 56.0 Å². The Morgan fingerprint density at radius 1 is 1.28 bits per heavy atom. The molecule has 2 fully saturated rings. The van der Waals surface area contributed by atoms with E-state index in [9.17, 15) is 0 Å². The van der Waals surface area contributed by atoms with Gasteiger partial charge >= 0.3 is 0 Å². The molecule has 2 saturated heterocycles. The maximum Gasteiger partial charge on any atom is 0.0593 e. The van der Waals surface area contributed by atoms with Crippen LogP contribution in [-0.2, 0) is 9.47 Å². The van der Waals surface area contributed by atoms with E-state index in [4.69, 9.17) is 15.2 Å². The van der Waals surface area contributed by atoms with Crippen molar-refractivity contribution in [1.29, 1.82) is 0 Å². The van der Waals surface area contributed by atoms with Gasteiger partial charge in [-0.15, -0.1) is 0 Å². The number of rotatable bonds is 4. The highest BCUT2D eigenvalue weighted by Gasteiger charge is 2.40. The lowest BCUT2D eigenvalue weighted by Crippen LogP contribution is -2.59. The highest BCUT2D eigenvalue weighted by Crippen LogP contribution is 2.32. The van der Waals surface area contributed by atoms with Gasteiger partial charge in [0.05, 0.1) is 12.7 Å². The predicted octanol–water partition coefficient (Wildman–Crippen LogP) is 1.39. The molecule has 2 rings (SSSR count). The third-order valence-corrected chi connectivity index (χ3v) is 4.41. The van der Waals surface area contributed by atoms with Gasteiger partial charge in [-0.25, -0.2) is 0 Å². The number of hydrogen-bond acceptors (Lipinski definition) is 4. The summed E-state index contributed by atoms with van der Waals surface area (Å²) in [5.74, 6) is 0. The summed E-state index contributed by atoms with van der Waals surface area (Å²) in [5.41, 5.74) is 6.30. The molecule has 2 atom stereocenters. The third kappa shape index (κ3) is 3.23. The van der Waals surface area contributed by atoms with Gasteiger partial charge in [-0.05, 0) is 25.7 Å². The molecule has 0 aliphatic carbocycles. The lowest BCUT2D eigenvalue weighted by Gasteiger charge is -2.47. The Balaban J connectivity index is 2.02. The van der Waals surface area contributed by atoms with Crippen molar-refractivity contribution >= 4 is 0 Å². The summed E-state index contributed by atoms with van der Waals surface area (Å²) in [7, 11) is 0. The molecule has 0 spiro atoms. The molecule has 0 aromatic carbocycles. The van der Waals surface area contributed by atoms with E-state index in [2.05, 4.69) is 11.8 Å². The van der Waals surface area contributed by atoms with E-state index >= 15 is 0 Å². The fourth-order valence-corrected chi connectivity index (χ4v) is 3.33. The number of nitrogens with two attached hydrogens (primary N) is 1. The van der Waals surface area contributed by atoms with Crippen molar-refractivity contribution in [2.75, 3.05) is 39.5 Å². The first-order chi connectivity index (χ1) is 8.80. The second-order valence-corrected chi connectivity index (χ2v) is 5.62. The van der Waals surface area contributed by atoms with Crippen molar-refractivity contribution in [3.63, 3.8) is 0 Å². The summed E-state index contributed by atoms with van der Waals surface area (Å²) in [5, 5.41) is 0. The van der Waals surface area contributed by atoms with Crippen LogP contribution in [0.25, 0.3) is 0 Å². The predicted molar refractivity (Wildman–Crippen MR) is 72.7 cm³/mol. The van der Waals surface area contributed by atoms with E-state index in [0.717, 1.165) is 65.1 Å². The van der Waals surface area contributed by atoms with Crippen molar-refractivity contribution < 1.29 is 9.47 Å². The first-order valence-corrected chi connectivity index (χ1v) is 7.45. The number of nitrogens with zero attached hydrogens (tertiary/aromatic N) is 1. The fraction of sp³-hybridized carbons (Fsp3) is 1.00. The Bertz CT molecular complexity index is 240. The van der Waals surface area contributed by atoms with Crippen LogP contribution in [0.4, 0.5) is 0 Å². The average molecular weight is 256 g/mol. The number of hydrogen-bond donors (Lipinski definition) is 1. The van der Waals surface area contributed by atoms with Crippen LogP contribution in [0.3, 0.4) is 0 Å². The van der Waals surface area contributed by atoms with Gasteiger partial charge in [0.25, 0.3) is 0 Å². The van der Waals surface area contributed by atoms with Crippen molar-refractivity contribution in [2.45, 2.75) is 50.7 Å². The van der Waals surface area contributed by atoms with Crippen LogP contribution >= 0.6 is 0 Å². The van der Waals surface area contributed by atoms with Crippen LogP contribution in [0.15, 0.2) is 0 Å². The van der Waals surface area contributed by atoms with E-state index in [1.165, 1.54) is 6.42 Å². The standard InChI is InChI=1S/C14H28N2O2/c1-2-4-13-11-14(12-15,5-9-18-13)16-6-3-8-17-10-7-16/h13H,2-12,15H2,1H3. The Labute approximate surface area is 111 Å². The fourth-order valence-electron chi connectivity index (χ4n) is 3.33. The zero-order chi connectivity index (χ0) is 12.8. The first kappa shape index (κ1) is 14.3. The second kappa shape index (κ2) is 6.85. The van der Waals surface area contributed by atoms with Crippen LogP contribution < -0.4 is 5.73 Å². The Kier molecular flexibility index (Phi) is 5.42. The minimum atomic E-state index is 0.159. The monoisotopic (exact) mass is 256 g/mol. The minimum absolute atomic E-state index is 0.159. The summed E-state index contributed by atoms with van der Waals surface area (Å²) in [4.78, 5) is 2.57. The van der Waals surface area contributed by atoms with E-state index in [0.29, 0.717) is 6.10 Å². The molecule has 2 heterocycles. The quantitative estimate of drug-likeness (QED) is 0.825. The van der Waals surface area contributed by atoms with Crippen LogP contribution in [0, 0.1) is 0 Å². The van der Waals surface area contributed by atoms with Crippen molar-refractivity contribution in [2.24, 2.45) is 5.73 Å². The molecule has 0 radical (unpaired) electrons. The van der Waals surface area contributed by atoms with Gasteiger partial charge in [-0.1, -0.05) is 13.3 Å². The normalized spacial score (nSPS) is 35.3. The Hall–Kier alpha value is -0.160. The van der Waals surface area contributed by atoms with Crippen molar-refractivity contribution in [3.05, 3.63) is 0 Å². The molecular weight excluding hydrogens is 228 g/mol. The molecular formula is C14H28N2O2. The molecule has 2 unspecified atom stereocenters. The molecule has 18 heavy (non-hydrogen) atoms. The highest BCUT2D eigenvalue weighted by molar-refractivity contribution is 4.96. The summed E-state index contributed by atoms with van der Waals surface area (Å²) in [6, 6.07) is 0. The molecule has 0 aromatic heterocycles. The van der Waals surface area contributed by atoms with Crippen molar-refractivity contribution in [1.82, 2.24) is 4.90 Å². The van der Waals surface area contributed by atoms with Gasteiger partial charge in [0.15, 0.2) is 0 Å². The summed E-state index contributed by atoms with van der Waals surface area (Å²) < 4.78 is 11.4. The lowest BCUT2D eigenvalue weighted by molar-refractivity contribution is -0.0738. The van der Waals surface area contributed by atoms with Crippen molar-refractivity contribution in [3.8, 4) is 0 Å². The van der Waals surface area contributed by atoms with Gasteiger partial charge in [-0.2, -0.15) is 0 Å². The van der Waals surface area contributed by atoms with Gasteiger partial charge in [0.2, 0.25) is 0 Å². The second-order valence-electron chi connectivity index (χ2n) is 5.62.